The van der Waals surface area contributed by atoms with Crippen LogP contribution in [-0.4, -0.2) is 61.0 Å². The maximum atomic E-state index is 10.4. The monoisotopic (exact) mass is 246 g/mol. The van der Waals surface area contributed by atoms with Gasteiger partial charge in [0.2, 0.25) is 0 Å². The average molecular weight is 246 g/mol. The molecule has 7 heteroatoms. The number of aliphatic carboxylic acids is 1. The van der Waals surface area contributed by atoms with Gasteiger partial charge in [-0.05, 0) is 12.8 Å². The first-order valence-corrected chi connectivity index (χ1v) is 5.58. The van der Waals surface area contributed by atoms with Gasteiger partial charge in [0.15, 0.2) is 6.10 Å². The highest BCUT2D eigenvalue weighted by Gasteiger charge is 2.21. The molecule has 0 spiro atoms. The van der Waals surface area contributed by atoms with E-state index in [1.807, 2.05) is 0 Å². The second kappa shape index (κ2) is 7.08. The van der Waals surface area contributed by atoms with Crippen LogP contribution in [0.3, 0.4) is 0 Å². The van der Waals surface area contributed by atoms with Crippen molar-refractivity contribution < 1.29 is 24.2 Å². The quantitative estimate of drug-likeness (QED) is 0.658. The maximum Gasteiger partial charge on any atom is 0.332 e. The fraction of sp³-hybridized carbons (Fsp3) is 0.800. The van der Waals surface area contributed by atoms with Crippen LogP contribution in [0.15, 0.2) is 0 Å². The summed E-state index contributed by atoms with van der Waals surface area (Å²) in [5, 5.41) is 8.29. The number of carbonyl (C=O) groups is 2. The molecule has 2 heterocycles. The molecule has 17 heavy (non-hydrogen) atoms. The van der Waals surface area contributed by atoms with Crippen molar-refractivity contribution in [2.75, 3.05) is 32.9 Å². The highest BCUT2D eigenvalue weighted by Crippen LogP contribution is 2.10. The number of morpholine rings is 1. The van der Waals surface area contributed by atoms with Crippen LogP contribution in [0.4, 0.5) is 4.79 Å². The van der Waals surface area contributed by atoms with Gasteiger partial charge >= 0.3 is 12.0 Å². The predicted octanol–water partition coefficient (Wildman–Crippen LogP) is -0.353. The molecule has 1 atom stereocenters. The number of hydrogen-bond donors (Lipinski definition) is 2. The zero-order chi connectivity index (χ0) is 12.7. The third kappa shape index (κ3) is 5.01. The lowest BCUT2D eigenvalue weighted by molar-refractivity contribution is -0.147. The highest BCUT2D eigenvalue weighted by molar-refractivity contribution is 5.72. The van der Waals surface area contributed by atoms with E-state index in [1.54, 1.807) is 4.90 Å². The minimum Gasteiger partial charge on any atom is -0.479 e. The van der Waals surface area contributed by atoms with Crippen LogP contribution in [-0.2, 0) is 14.3 Å². The average Bonchev–Trinajstić information content (AvgIpc) is 2.84. The van der Waals surface area contributed by atoms with Gasteiger partial charge in [0.25, 0.3) is 0 Å². The second-order valence-corrected chi connectivity index (χ2v) is 3.78. The van der Waals surface area contributed by atoms with Crippen molar-refractivity contribution in [3.63, 3.8) is 0 Å². The number of nitrogens with two attached hydrogens (primary N) is 1. The Kier molecular flexibility index (Phi) is 5.71. The zero-order valence-corrected chi connectivity index (χ0v) is 9.63. The number of ether oxygens (including phenoxy) is 2. The highest BCUT2D eigenvalue weighted by atomic mass is 16.5. The molecule has 0 radical (unpaired) electrons. The molecule has 2 rings (SSSR count). The van der Waals surface area contributed by atoms with Crippen LogP contribution in [0.2, 0.25) is 0 Å². The lowest BCUT2D eigenvalue weighted by Crippen LogP contribution is -2.43. The Morgan fingerprint density at radius 2 is 1.88 bits per heavy atom. The number of rotatable bonds is 1. The Labute approximate surface area is 99.5 Å². The SMILES string of the molecule is NC(=O)N1CCOCC1.O=C(O)C1CCCO1. The maximum absolute atomic E-state index is 10.4. The van der Waals surface area contributed by atoms with E-state index in [2.05, 4.69) is 0 Å². The normalized spacial score (nSPS) is 23.8. The van der Waals surface area contributed by atoms with Crippen molar-refractivity contribution in [2.45, 2.75) is 18.9 Å². The molecule has 1 unspecified atom stereocenters. The zero-order valence-electron chi connectivity index (χ0n) is 9.63. The van der Waals surface area contributed by atoms with Gasteiger partial charge in [-0.2, -0.15) is 0 Å². The summed E-state index contributed by atoms with van der Waals surface area (Å²) in [5.41, 5.74) is 5.00. The van der Waals surface area contributed by atoms with Crippen molar-refractivity contribution in [3.8, 4) is 0 Å². The molecular formula is C10H18N2O5. The predicted molar refractivity (Wildman–Crippen MR) is 58.6 cm³/mol. The van der Waals surface area contributed by atoms with Crippen LogP contribution in [0, 0.1) is 0 Å². The first-order chi connectivity index (χ1) is 8.11. The van der Waals surface area contributed by atoms with Crippen molar-refractivity contribution in [3.05, 3.63) is 0 Å². The summed E-state index contributed by atoms with van der Waals surface area (Å²) in [7, 11) is 0. The van der Waals surface area contributed by atoms with Gasteiger partial charge < -0.3 is 25.2 Å². The molecule has 0 aromatic heterocycles. The number of hydrogen-bond acceptors (Lipinski definition) is 4. The van der Waals surface area contributed by atoms with Gasteiger partial charge in [0, 0.05) is 19.7 Å². The van der Waals surface area contributed by atoms with Gasteiger partial charge in [0.1, 0.15) is 0 Å². The Morgan fingerprint density at radius 3 is 2.18 bits per heavy atom. The molecule has 0 saturated carbocycles. The van der Waals surface area contributed by atoms with Gasteiger partial charge in [-0.25, -0.2) is 9.59 Å². The standard InChI is InChI=1S/C5H10N2O2.C5H8O3/c6-5(8)7-1-3-9-4-2-7;6-5(7)4-2-1-3-8-4/h1-4H2,(H2,6,8);4H,1-3H2,(H,6,7). The lowest BCUT2D eigenvalue weighted by Gasteiger charge is -2.24. The van der Waals surface area contributed by atoms with E-state index in [4.69, 9.17) is 20.3 Å². The van der Waals surface area contributed by atoms with E-state index in [-0.39, 0.29) is 6.03 Å². The molecule has 0 aromatic rings. The summed E-state index contributed by atoms with van der Waals surface area (Å²) in [4.78, 5) is 22.1. The van der Waals surface area contributed by atoms with Crippen LogP contribution in [0.25, 0.3) is 0 Å². The third-order valence-corrected chi connectivity index (χ3v) is 2.53. The fourth-order valence-electron chi connectivity index (χ4n) is 1.56. The Bertz CT molecular complexity index is 259. The largest absolute Gasteiger partial charge is 0.479 e. The number of carboxylic acids is 1. The summed E-state index contributed by atoms with van der Waals surface area (Å²) in [6.07, 6.45) is 1.04. The van der Waals surface area contributed by atoms with E-state index < -0.39 is 12.1 Å². The third-order valence-electron chi connectivity index (χ3n) is 2.53. The van der Waals surface area contributed by atoms with Crippen LogP contribution in [0.5, 0.6) is 0 Å². The van der Waals surface area contributed by atoms with E-state index in [0.29, 0.717) is 39.3 Å². The van der Waals surface area contributed by atoms with Gasteiger partial charge in [-0.15, -0.1) is 0 Å². The van der Waals surface area contributed by atoms with Gasteiger partial charge in [0.05, 0.1) is 13.2 Å². The van der Waals surface area contributed by atoms with E-state index in [1.165, 1.54) is 0 Å². The molecule has 0 aromatic carbocycles. The van der Waals surface area contributed by atoms with Gasteiger partial charge in [-0.1, -0.05) is 0 Å². The smallest absolute Gasteiger partial charge is 0.332 e. The topological polar surface area (TPSA) is 102 Å². The molecule has 3 N–H and O–H groups in total. The molecule has 2 aliphatic rings. The second-order valence-electron chi connectivity index (χ2n) is 3.78. The van der Waals surface area contributed by atoms with Gasteiger partial charge in [-0.3, -0.25) is 0 Å². The number of amides is 2. The summed E-state index contributed by atoms with van der Waals surface area (Å²) >= 11 is 0. The number of carboxylic acid groups (broad SMARTS) is 1. The summed E-state index contributed by atoms with van der Waals surface area (Å²) < 4.78 is 9.82. The summed E-state index contributed by atoms with van der Waals surface area (Å²) in [5.74, 6) is -0.831. The van der Waals surface area contributed by atoms with E-state index in [9.17, 15) is 9.59 Å². The number of primary amides is 1. The Hall–Kier alpha value is -1.34. The van der Waals surface area contributed by atoms with Crippen molar-refractivity contribution >= 4 is 12.0 Å². The summed E-state index contributed by atoms with van der Waals surface area (Å²) in [6.45, 7) is 3.10. The van der Waals surface area contributed by atoms with E-state index in [0.717, 1.165) is 6.42 Å². The van der Waals surface area contributed by atoms with Crippen LogP contribution < -0.4 is 5.73 Å². The first kappa shape index (κ1) is 13.7. The van der Waals surface area contributed by atoms with E-state index >= 15 is 0 Å². The Balaban J connectivity index is 0.000000171. The molecule has 2 amide bonds. The minimum atomic E-state index is -0.831. The molecule has 2 aliphatic heterocycles. The van der Waals surface area contributed by atoms with Crippen molar-refractivity contribution in [1.82, 2.24) is 4.90 Å². The Morgan fingerprint density at radius 1 is 1.24 bits per heavy atom. The molecule has 2 saturated heterocycles. The van der Waals surface area contributed by atoms with Crippen molar-refractivity contribution in [1.29, 1.82) is 0 Å². The minimum absolute atomic E-state index is 0.349. The first-order valence-electron chi connectivity index (χ1n) is 5.58. The molecule has 0 aliphatic carbocycles. The van der Waals surface area contributed by atoms with Crippen LogP contribution in [0.1, 0.15) is 12.8 Å². The summed E-state index contributed by atoms with van der Waals surface area (Å²) in [6, 6.07) is -0.349. The molecule has 7 nitrogen and oxygen atoms in total. The fourth-order valence-corrected chi connectivity index (χ4v) is 1.56. The van der Waals surface area contributed by atoms with Crippen molar-refractivity contribution in [2.24, 2.45) is 5.73 Å². The molecule has 2 fully saturated rings. The number of nitrogens with zero attached hydrogens (tertiary/aromatic N) is 1. The number of urea groups is 1. The molecule has 0 bridgehead atoms. The lowest BCUT2D eigenvalue weighted by atomic mass is 10.2. The number of carbonyl (C=O) groups excluding carboxylic acids is 1. The van der Waals surface area contributed by atoms with Crippen LogP contribution >= 0.6 is 0 Å². The molecular weight excluding hydrogens is 228 g/mol. The molecule has 98 valence electrons.